The summed E-state index contributed by atoms with van der Waals surface area (Å²) in [6.07, 6.45) is 1.50. The number of hydrogen-bond donors (Lipinski definition) is 0. The lowest BCUT2D eigenvalue weighted by molar-refractivity contribution is 0.0636. The van der Waals surface area contributed by atoms with Crippen LogP contribution >= 0.6 is 0 Å². The van der Waals surface area contributed by atoms with E-state index in [2.05, 4.69) is 0 Å². The zero-order valence-electron chi connectivity index (χ0n) is 15.9. The van der Waals surface area contributed by atoms with E-state index in [0.717, 1.165) is 29.7 Å². The molecule has 0 unspecified atom stereocenters. The molecule has 1 fully saturated rings. The number of rotatable bonds is 4. The van der Waals surface area contributed by atoms with E-state index >= 15 is 0 Å². The van der Waals surface area contributed by atoms with E-state index in [9.17, 15) is 14.0 Å². The normalized spacial score (nSPS) is 16.9. The number of ether oxygens (including phenoxy) is 1. The summed E-state index contributed by atoms with van der Waals surface area (Å²) in [5, 5.41) is 0. The van der Waals surface area contributed by atoms with Gasteiger partial charge in [0.1, 0.15) is 11.6 Å². The van der Waals surface area contributed by atoms with Gasteiger partial charge in [0.15, 0.2) is 5.78 Å². The Balaban J connectivity index is 1.78. The first kappa shape index (κ1) is 19.1. The number of hydrogen-bond acceptors (Lipinski definition) is 3. The van der Waals surface area contributed by atoms with Gasteiger partial charge in [-0.05, 0) is 68.1 Å². The molecule has 0 aliphatic carbocycles. The summed E-state index contributed by atoms with van der Waals surface area (Å²) in [7, 11) is 1.62. The monoisotopic (exact) mass is 369 g/mol. The number of nitrogens with zero attached hydrogens (tertiary/aromatic N) is 1. The first-order chi connectivity index (χ1) is 12.9. The number of carbonyl (C=O) groups excluding carboxylic acids is 2. The second kappa shape index (κ2) is 7.91. The Bertz CT molecular complexity index is 855. The molecule has 0 N–H and O–H groups in total. The van der Waals surface area contributed by atoms with Crippen molar-refractivity contribution in [2.45, 2.75) is 26.7 Å². The summed E-state index contributed by atoms with van der Waals surface area (Å²) in [4.78, 5) is 27.4. The molecule has 3 rings (SSSR count). The third-order valence-electron chi connectivity index (χ3n) is 5.10. The van der Waals surface area contributed by atoms with Gasteiger partial charge in [0.2, 0.25) is 0 Å². The van der Waals surface area contributed by atoms with E-state index in [1.165, 1.54) is 18.2 Å². The first-order valence-corrected chi connectivity index (χ1v) is 9.15. The zero-order valence-corrected chi connectivity index (χ0v) is 15.9. The van der Waals surface area contributed by atoms with Crippen LogP contribution in [0, 0.1) is 25.6 Å². The molecule has 0 spiro atoms. The minimum atomic E-state index is -0.435. The van der Waals surface area contributed by atoms with Gasteiger partial charge in [0, 0.05) is 30.1 Å². The van der Waals surface area contributed by atoms with E-state index in [-0.39, 0.29) is 17.6 Å². The lowest BCUT2D eigenvalue weighted by atomic mass is 9.88. The maximum Gasteiger partial charge on any atom is 0.253 e. The fourth-order valence-electron chi connectivity index (χ4n) is 3.83. The Morgan fingerprint density at radius 3 is 2.44 bits per heavy atom. The van der Waals surface area contributed by atoms with Crippen molar-refractivity contribution in [3.8, 4) is 5.75 Å². The van der Waals surface area contributed by atoms with Crippen LogP contribution in [0.5, 0.6) is 5.75 Å². The minimum Gasteiger partial charge on any atom is -0.496 e. The van der Waals surface area contributed by atoms with Crippen molar-refractivity contribution in [1.82, 2.24) is 4.90 Å². The molecule has 1 atom stereocenters. The van der Waals surface area contributed by atoms with E-state index in [0.29, 0.717) is 24.2 Å². The summed E-state index contributed by atoms with van der Waals surface area (Å²) in [5.41, 5.74) is 2.81. The number of ketones is 1. The molecule has 1 aliphatic heterocycles. The number of methoxy groups -OCH3 is 1. The molecule has 1 heterocycles. The van der Waals surface area contributed by atoms with Crippen LogP contribution in [0.25, 0.3) is 0 Å². The van der Waals surface area contributed by atoms with Crippen LogP contribution in [-0.4, -0.2) is 36.8 Å². The van der Waals surface area contributed by atoms with Crippen molar-refractivity contribution in [2.75, 3.05) is 20.2 Å². The minimum absolute atomic E-state index is 0.0422. The summed E-state index contributed by atoms with van der Waals surface area (Å²) >= 11 is 0. The molecule has 0 radical (unpaired) electrons. The molecular weight excluding hydrogens is 345 g/mol. The Morgan fingerprint density at radius 1 is 1.11 bits per heavy atom. The largest absolute Gasteiger partial charge is 0.496 e. The van der Waals surface area contributed by atoms with Crippen LogP contribution in [0.1, 0.15) is 44.7 Å². The highest BCUT2D eigenvalue weighted by Crippen LogP contribution is 2.28. The van der Waals surface area contributed by atoms with Gasteiger partial charge in [0.05, 0.1) is 7.11 Å². The number of halogens is 1. The number of likely N-dealkylation sites (tertiary alicyclic amines) is 1. The Kier molecular flexibility index (Phi) is 5.59. The number of carbonyl (C=O) groups is 2. The van der Waals surface area contributed by atoms with Gasteiger partial charge in [0.25, 0.3) is 5.91 Å². The number of amides is 1. The molecule has 0 aromatic heterocycles. The summed E-state index contributed by atoms with van der Waals surface area (Å²) in [6.45, 7) is 4.78. The van der Waals surface area contributed by atoms with Gasteiger partial charge < -0.3 is 9.64 Å². The second-order valence-corrected chi connectivity index (χ2v) is 7.11. The average molecular weight is 369 g/mol. The summed E-state index contributed by atoms with van der Waals surface area (Å²) < 4.78 is 18.8. The van der Waals surface area contributed by atoms with Gasteiger partial charge in [-0.3, -0.25) is 9.59 Å². The van der Waals surface area contributed by atoms with E-state index in [1.807, 2.05) is 26.0 Å². The maximum atomic E-state index is 13.4. The predicted molar refractivity (Wildman–Crippen MR) is 102 cm³/mol. The number of Topliss-reactive ketones (excluding diaryl/α,β-unsaturated/α-hetero) is 1. The van der Waals surface area contributed by atoms with Crippen molar-refractivity contribution < 1.29 is 18.7 Å². The SMILES string of the molecule is COc1c(C)cc(C(=O)[C@H]2CCCN(C(=O)c3cccc(F)c3)C2)cc1C. The summed E-state index contributed by atoms with van der Waals surface area (Å²) in [5.74, 6) is -0.0779. The fourth-order valence-corrected chi connectivity index (χ4v) is 3.83. The molecule has 1 aliphatic rings. The van der Waals surface area contributed by atoms with Crippen molar-refractivity contribution in [3.63, 3.8) is 0 Å². The van der Waals surface area contributed by atoms with Crippen LogP contribution in [0.2, 0.25) is 0 Å². The standard InChI is InChI=1S/C22H24FNO3/c1-14-10-18(11-15(2)21(14)27-3)20(25)17-7-5-9-24(13-17)22(26)16-6-4-8-19(23)12-16/h4,6,8,10-12,17H,5,7,9,13H2,1-3H3/t17-/m0/s1. The quantitative estimate of drug-likeness (QED) is 0.760. The first-order valence-electron chi connectivity index (χ1n) is 9.15. The Morgan fingerprint density at radius 2 is 1.81 bits per heavy atom. The zero-order chi connectivity index (χ0) is 19.6. The van der Waals surface area contributed by atoms with Crippen molar-refractivity contribution >= 4 is 11.7 Å². The highest BCUT2D eigenvalue weighted by atomic mass is 19.1. The predicted octanol–water partition coefficient (Wildman–Crippen LogP) is 4.19. The van der Waals surface area contributed by atoms with Crippen molar-refractivity contribution in [1.29, 1.82) is 0 Å². The smallest absolute Gasteiger partial charge is 0.253 e. The lowest BCUT2D eigenvalue weighted by Crippen LogP contribution is -2.42. The molecule has 4 nitrogen and oxygen atoms in total. The molecule has 0 saturated carbocycles. The van der Waals surface area contributed by atoms with Gasteiger partial charge in [-0.15, -0.1) is 0 Å². The molecule has 1 amide bonds. The van der Waals surface area contributed by atoms with Crippen LogP contribution in [0.4, 0.5) is 4.39 Å². The third-order valence-corrected chi connectivity index (χ3v) is 5.10. The van der Waals surface area contributed by atoms with E-state index in [1.54, 1.807) is 18.1 Å². The van der Waals surface area contributed by atoms with E-state index < -0.39 is 5.82 Å². The highest BCUT2D eigenvalue weighted by molar-refractivity contribution is 6.00. The second-order valence-electron chi connectivity index (χ2n) is 7.11. The van der Waals surface area contributed by atoms with Crippen LogP contribution in [0.15, 0.2) is 36.4 Å². The lowest BCUT2D eigenvalue weighted by Gasteiger charge is -2.32. The van der Waals surface area contributed by atoms with Crippen molar-refractivity contribution in [2.24, 2.45) is 5.92 Å². The van der Waals surface area contributed by atoms with E-state index in [4.69, 9.17) is 4.74 Å². The van der Waals surface area contributed by atoms with Gasteiger partial charge in [-0.2, -0.15) is 0 Å². The third kappa shape index (κ3) is 4.02. The maximum absolute atomic E-state index is 13.4. The summed E-state index contributed by atoms with van der Waals surface area (Å²) in [6, 6.07) is 9.38. The molecule has 1 saturated heterocycles. The van der Waals surface area contributed by atoms with Crippen molar-refractivity contribution in [3.05, 3.63) is 64.5 Å². The number of aryl methyl sites for hydroxylation is 2. The molecule has 2 aromatic carbocycles. The highest BCUT2D eigenvalue weighted by Gasteiger charge is 2.30. The van der Waals surface area contributed by atoms with Crippen LogP contribution in [-0.2, 0) is 0 Å². The molecule has 2 aromatic rings. The van der Waals surface area contributed by atoms with Crippen LogP contribution < -0.4 is 4.74 Å². The topological polar surface area (TPSA) is 46.6 Å². The van der Waals surface area contributed by atoms with Crippen LogP contribution in [0.3, 0.4) is 0 Å². The Labute approximate surface area is 158 Å². The number of piperidine rings is 1. The van der Waals surface area contributed by atoms with Gasteiger partial charge in [-0.25, -0.2) is 4.39 Å². The van der Waals surface area contributed by atoms with Gasteiger partial charge in [-0.1, -0.05) is 6.07 Å². The average Bonchev–Trinajstić information content (AvgIpc) is 2.66. The van der Waals surface area contributed by atoms with Gasteiger partial charge >= 0.3 is 0 Å². The number of benzene rings is 2. The molecular formula is C22H24FNO3. The fraction of sp³-hybridized carbons (Fsp3) is 0.364. The Hall–Kier alpha value is -2.69. The molecule has 0 bridgehead atoms. The molecule has 142 valence electrons. The molecule has 5 heteroatoms. The molecule has 27 heavy (non-hydrogen) atoms.